The molecular formula is C14H22N2S. The van der Waals surface area contributed by atoms with Gasteiger partial charge in [0, 0.05) is 30.1 Å². The SMILES string of the molecule is Cc1ccccc1CC(N)C1CSCCN1C. The third-order valence-corrected chi connectivity index (χ3v) is 4.70. The second kappa shape index (κ2) is 5.89. The molecule has 1 saturated heterocycles. The summed E-state index contributed by atoms with van der Waals surface area (Å²) in [6, 6.07) is 9.33. The first-order valence-electron chi connectivity index (χ1n) is 6.26. The highest BCUT2D eigenvalue weighted by Gasteiger charge is 2.25. The largest absolute Gasteiger partial charge is 0.326 e. The lowest BCUT2D eigenvalue weighted by atomic mass is 9.97. The van der Waals surface area contributed by atoms with Crippen molar-refractivity contribution in [2.24, 2.45) is 5.73 Å². The van der Waals surface area contributed by atoms with Crippen LogP contribution in [0.4, 0.5) is 0 Å². The molecule has 17 heavy (non-hydrogen) atoms. The van der Waals surface area contributed by atoms with Gasteiger partial charge in [-0.05, 0) is 31.5 Å². The van der Waals surface area contributed by atoms with Gasteiger partial charge in [0.05, 0.1) is 0 Å². The monoisotopic (exact) mass is 250 g/mol. The van der Waals surface area contributed by atoms with Crippen molar-refractivity contribution in [2.75, 3.05) is 25.1 Å². The van der Waals surface area contributed by atoms with Gasteiger partial charge in [0.25, 0.3) is 0 Å². The van der Waals surface area contributed by atoms with E-state index in [0.717, 1.165) is 13.0 Å². The van der Waals surface area contributed by atoms with Crippen molar-refractivity contribution in [1.29, 1.82) is 0 Å². The molecule has 0 amide bonds. The summed E-state index contributed by atoms with van der Waals surface area (Å²) in [5.41, 5.74) is 9.13. The Morgan fingerprint density at radius 3 is 2.94 bits per heavy atom. The van der Waals surface area contributed by atoms with Crippen LogP contribution in [-0.2, 0) is 6.42 Å². The molecule has 1 aromatic carbocycles. The number of nitrogens with zero attached hydrogens (tertiary/aromatic N) is 1. The van der Waals surface area contributed by atoms with Crippen molar-refractivity contribution in [3.63, 3.8) is 0 Å². The minimum Gasteiger partial charge on any atom is -0.326 e. The molecule has 1 aliphatic rings. The second-order valence-electron chi connectivity index (χ2n) is 4.92. The molecule has 2 atom stereocenters. The van der Waals surface area contributed by atoms with E-state index in [2.05, 4.69) is 43.1 Å². The molecule has 0 bridgehead atoms. The average Bonchev–Trinajstić information content (AvgIpc) is 2.32. The van der Waals surface area contributed by atoms with Crippen LogP contribution in [0.1, 0.15) is 11.1 Å². The molecule has 2 unspecified atom stereocenters. The highest BCUT2D eigenvalue weighted by Crippen LogP contribution is 2.19. The number of nitrogens with two attached hydrogens (primary N) is 1. The van der Waals surface area contributed by atoms with Crippen LogP contribution in [0.2, 0.25) is 0 Å². The molecule has 94 valence electrons. The lowest BCUT2D eigenvalue weighted by Crippen LogP contribution is -2.51. The van der Waals surface area contributed by atoms with Gasteiger partial charge in [-0.2, -0.15) is 11.8 Å². The zero-order chi connectivity index (χ0) is 12.3. The summed E-state index contributed by atoms with van der Waals surface area (Å²) in [6.45, 7) is 3.33. The molecule has 2 nitrogen and oxygen atoms in total. The Bertz CT molecular complexity index is 367. The summed E-state index contributed by atoms with van der Waals surface area (Å²) in [7, 11) is 2.20. The number of likely N-dealkylation sites (N-methyl/N-ethyl adjacent to an activating group) is 1. The fourth-order valence-electron chi connectivity index (χ4n) is 2.39. The first kappa shape index (κ1) is 12.9. The van der Waals surface area contributed by atoms with E-state index < -0.39 is 0 Å². The zero-order valence-corrected chi connectivity index (χ0v) is 11.5. The Morgan fingerprint density at radius 1 is 1.47 bits per heavy atom. The molecule has 2 N–H and O–H groups in total. The molecule has 0 saturated carbocycles. The second-order valence-corrected chi connectivity index (χ2v) is 6.07. The van der Waals surface area contributed by atoms with E-state index >= 15 is 0 Å². The van der Waals surface area contributed by atoms with Gasteiger partial charge in [0.1, 0.15) is 0 Å². The lowest BCUT2D eigenvalue weighted by Gasteiger charge is -2.36. The maximum Gasteiger partial charge on any atom is 0.0338 e. The van der Waals surface area contributed by atoms with Crippen LogP contribution < -0.4 is 5.73 Å². The van der Waals surface area contributed by atoms with E-state index in [0.29, 0.717) is 6.04 Å². The van der Waals surface area contributed by atoms with Gasteiger partial charge in [0.2, 0.25) is 0 Å². The number of thioether (sulfide) groups is 1. The molecule has 1 heterocycles. The fourth-order valence-corrected chi connectivity index (χ4v) is 3.71. The van der Waals surface area contributed by atoms with Gasteiger partial charge in [0.15, 0.2) is 0 Å². The molecule has 1 aliphatic heterocycles. The summed E-state index contributed by atoms with van der Waals surface area (Å²) in [4.78, 5) is 2.42. The Morgan fingerprint density at radius 2 is 2.24 bits per heavy atom. The number of rotatable bonds is 3. The third-order valence-electron chi connectivity index (χ3n) is 3.65. The molecule has 0 aliphatic carbocycles. The summed E-state index contributed by atoms with van der Waals surface area (Å²) in [6.07, 6.45) is 0.988. The summed E-state index contributed by atoms with van der Waals surface area (Å²) >= 11 is 2.03. The van der Waals surface area contributed by atoms with Crippen molar-refractivity contribution in [3.05, 3.63) is 35.4 Å². The minimum atomic E-state index is 0.244. The van der Waals surface area contributed by atoms with Crippen LogP contribution >= 0.6 is 11.8 Å². The number of aryl methyl sites for hydroxylation is 1. The predicted octanol–water partition coefficient (Wildman–Crippen LogP) is 1.91. The van der Waals surface area contributed by atoms with E-state index in [1.54, 1.807) is 0 Å². The minimum absolute atomic E-state index is 0.244. The number of benzene rings is 1. The maximum atomic E-state index is 6.38. The van der Waals surface area contributed by atoms with Gasteiger partial charge in [-0.1, -0.05) is 24.3 Å². The van der Waals surface area contributed by atoms with Crippen LogP contribution in [0.15, 0.2) is 24.3 Å². The third kappa shape index (κ3) is 3.24. The normalized spacial score (nSPS) is 23.6. The number of hydrogen-bond donors (Lipinski definition) is 1. The Kier molecular flexibility index (Phi) is 4.48. The van der Waals surface area contributed by atoms with E-state index in [9.17, 15) is 0 Å². The fraction of sp³-hybridized carbons (Fsp3) is 0.571. The summed E-state index contributed by atoms with van der Waals surface area (Å²) < 4.78 is 0. The van der Waals surface area contributed by atoms with Crippen LogP contribution in [0.25, 0.3) is 0 Å². The molecular weight excluding hydrogens is 228 g/mol. The van der Waals surface area contributed by atoms with E-state index in [4.69, 9.17) is 5.73 Å². The van der Waals surface area contributed by atoms with Crippen molar-refractivity contribution < 1.29 is 0 Å². The van der Waals surface area contributed by atoms with Crippen LogP contribution in [0, 0.1) is 6.92 Å². The van der Waals surface area contributed by atoms with Crippen molar-refractivity contribution >= 4 is 11.8 Å². The zero-order valence-electron chi connectivity index (χ0n) is 10.7. The van der Waals surface area contributed by atoms with Crippen molar-refractivity contribution in [3.8, 4) is 0 Å². The van der Waals surface area contributed by atoms with E-state index in [1.165, 1.54) is 22.6 Å². The Balaban J connectivity index is 2.01. The van der Waals surface area contributed by atoms with Gasteiger partial charge < -0.3 is 10.6 Å². The van der Waals surface area contributed by atoms with Crippen LogP contribution in [0.3, 0.4) is 0 Å². The van der Waals surface area contributed by atoms with Gasteiger partial charge in [-0.25, -0.2) is 0 Å². The van der Waals surface area contributed by atoms with Gasteiger partial charge in [-0.15, -0.1) is 0 Å². The molecule has 0 radical (unpaired) electrons. The molecule has 1 aromatic rings. The lowest BCUT2D eigenvalue weighted by molar-refractivity contribution is 0.235. The predicted molar refractivity (Wildman–Crippen MR) is 76.6 cm³/mol. The van der Waals surface area contributed by atoms with Crippen LogP contribution in [0.5, 0.6) is 0 Å². The van der Waals surface area contributed by atoms with Crippen molar-refractivity contribution in [2.45, 2.75) is 25.4 Å². The Hall–Kier alpha value is -0.510. The van der Waals surface area contributed by atoms with Crippen molar-refractivity contribution in [1.82, 2.24) is 4.90 Å². The maximum absolute atomic E-state index is 6.38. The molecule has 0 spiro atoms. The smallest absolute Gasteiger partial charge is 0.0338 e. The molecule has 1 fully saturated rings. The van der Waals surface area contributed by atoms with Gasteiger partial charge in [-0.3, -0.25) is 0 Å². The van der Waals surface area contributed by atoms with Gasteiger partial charge >= 0.3 is 0 Å². The highest BCUT2D eigenvalue weighted by atomic mass is 32.2. The van der Waals surface area contributed by atoms with E-state index in [1.807, 2.05) is 11.8 Å². The topological polar surface area (TPSA) is 29.3 Å². The standard InChI is InChI=1S/C14H22N2S/c1-11-5-3-4-6-12(11)9-13(15)14-10-17-8-7-16(14)2/h3-6,13-14H,7-10,15H2,1-2H3. The van der Waals surface area contributed by atoms with Crippen LogP contribution in [-0.4, -0.2) is 42.1 Å². The van der Waals surface area contributed by atoms with E-state index in [-0.39, 0.29) is 6.04 Å². The first-order chi connectivity index (χ1) is 8.18. The highest BCUT2D eigenvalue weighted by molar-refractivity contribution is 7.99. The molecule has 0 aromatic heterocycles. The molecule has 3 heteroatoms. The Labute approximate surface area is 109 Å². The summed E-state index contributed by atoms with van der Waals surface area (Å²) in [5.74, 6) is 2.41. The molecule has 2 rings (SSSR count). The quantitative estimate of drug-likeness (QED) is 0.888. The number of hydrogen-bond acceptors (Lipinski definition) is 3. The summed E-state index contributed by atoms with van der Waals surface area (Å²) in [5, 5.41) is 0. The average molecular weight is 250 g/mol. The first-order valence-corrected chi connectivity index (χ1v) is 7.42.